The molecule has 33 heavy (non-hydrogen) atoms. The number of amides is 2. The number of anilines is 1. The van der Waals surface area contributed by atoms with Gasteiger partial charge in [-0.1, -0.05) is 44.2 Å². The van der Waals surface area contributed by atoms with E-state index in [1.165, 1.54) is 35.2 Å². The van der Waals surface area contributed by atoms with E-state index in [0.717, 1.165) is 5.41 Å². The fourth-order valence-corrected chi connectivity index (χ4v) is 4.12. The molecule has 2 aromatic rings. The Labute approximate surface area is 195 Å². The molecule has 0 aromatic heterocycles. The molecular formula is C25H31FN2O4S. The molecule has 0 aliphatic rings. The molecule has 178 valence electrons. The van der Waals surface area contributed by atoms with Gasteiger partial charge in [0.25, 0.3) is 10.0 Å². The van der Waals surface area contributed by atoms with Crippen LogP contribution in [0.25, 0.3) is 6.08 Å². The van der Waals surface area contributed by atoms with Crippen LogP contribution in [0.1, 0.15) is 46.1 Å². The first-order valence-electron chi connectivity index (χ1n) is 10.9. The highest BCUT2D eigenvalue weighted by atomic mass is 32.2. The Morgan fingerprint density at radius 3 is 2.12 bits per heavy atom. The third-order valence-electron chi connectivity index (χ3n) is 4.99. The van der Waals surface area contributed by atoms with Crippen LogP contribution >= 0.6 is 0 Å². The first kappa shape index (κ1) is 26.3. The van der Waals surface area contributed by atoms with Crippen molar-refractivity contribution in [3.63, 3.8) is 0 Å². The zero-order chi connectivity index (χ0) is 24.6. The van der Waals surface area contributed by atoms with Crippen molar-refractivity contribution in [2.75, 3.05) is 4.90 Å². The fourth-order valence-electron chi connectivity index (χ4n) is 3.29. The maximum Gasteiger partial charge on any atom is 0.257 e. The van der Waals surface area contributed by atoms with Gasteiger partial charge in [0.2, 0.25) is 11.8 Å². The van der Waals surface area contributed by atoms with Crippen molar-refractivity contribution in [1.82, 2.24) is 4.72 Å². The van der Waals surface area contributed by atoms with Gasteiger partial charge in [-0.15, -0.1) is 0 Å². The van der Waals surface area contributed by atoms with E-state index in [0.29, 0.717) is 17.7 Å². The van der Waals surface area contributed by atoms with Gasteiger partial charge in [0.15, 0.2) is 0 Å². The molecule has 0 aliphatic carbocycles. The van der Waals surface area contributed by atoms with Crippen LogP contribution in [0.3, 0.4) is 0 Å². The monoisotopic (exact) mass is 474 g/mol. The number of hydrogen-bond donors (Lipinski definition) is 1. The molecule has 0 saturated heterocycles. The number of halogens is 1. The first-order chi connectivity index (χ1) is 15.5. The van der Waals surface area contributed by atoms with Crippen molar-refractivity contribution in [2.24, 2.45) is 11.8 Å². The predicted molar refractivity (Wildman–Crippen MR) is 129 cm³/mol. The molecule has 0 aliphatic heterocycles. The lowest BCUT2D eigenvalue weighted by Crippen LogP contribution is -2.47. The molecule has 0 radical (unpaired) electrons. The Morgan fingerprint density at radius 1 is 0.970 bits per heavy atom. The molecule has 1 unspecified atom stereocenters. The number of hydrogen-bond acceptors (Lipinski definition) is 4. The average Bonchev–Trinajstić information content (AvgIpc) is 2.74. The molecule has 0 fully saturated rings. The molecule has 0 spiro atoms. The molecular weight excluding hydrogens is 443 g/mol. The third kappa shape index (κ3) is 8.13. The Bertz CT molecular complexity index is 1070. The highest BCUT2D eigenvalue weighted by molar-refractivity contribution is 7.93. The van der Waals surface area contributed by atoms with Crippen LogP contribution in [0.4, 0.5) is 10.1 Å². The first-order valence-corrected chi connectivity index (χ1v) is 12.4. The second kappa shape index (κ2) is 11.7. The van der Waals surface area contributed by atoms with E-state index in [-0.39, 0.29) is 18.4 Å². The van der Waals surface area contributed by atoms with Crippen LogP contribution in [0.2, 0.25) is 0 Å². The molecule has 2 amide bonds. The zero-order valence-corrected chi connectivity index (χ0v) is 20.2. The number of carbonyl (C=O) groups excluding carboxylic acids is 2. The standard InChI is InChI=1S/C25H31FN2O4S/c1-18(2)10-15-23(25(30)28(19(3)4)22-13-11-21(26)12-14-22)24(29)27-33(31,32)17-16-20-8-6-5-7-9-20/h5-9,11-14,16-19,23H,10,15H2,1-4H3,(H,27,29)/b17-16+. The largest absolute Gasteiger partial charge is 0.309 e. The molecule has 0 bridgehead atoms. The molecule has 1 N–H and O–H groups in total. The minimum Gasteiger partial charge on any atom is -0.309 e. The number of carbonyl (C=O) groups is 2. The summed E-state index contributed by atoms with van der Waals surface area (Å²) in [6.45, 7) is 7.47. The van der Waals surface area contributed by atoms with Crippen molar-refractivity contribution < 1.29 is 22.4 Å². The van der Waals surface area contributed by atoms with Gasteiger partial charge in [-0.05, 0) is 68.5 Å². The van der Waals surface area contributed by atoms with Gasteiger partial charge in [0, 0.05) is 11.7 Å². The van der Waals surface area contributed by atoms with E-state index >= 15 is 0 Å². The summed E-state index contributed by atoms with van der Waals surface area (Å²) in [5, 5.41) is 0.907. The normalized spacial score (nSPS) is 12.8. The van der Waals surface area contributed by atoms with Gasteiger partial charge in [-0.25, -0.2) is 17.5 Å². The molecule has 0 saturated carbocycles. The summed E-state index contributed by atoms with van der Waals surface area (Å²) in [5.41, 5.74) is 1.09. The minimum absolute atomic E-state index is 0.185. The second-order valence-corrected chi connectivity index (χ2v) is 10.1. The number of benzene rings is 2. The molecule has 2 rings (SSSR count). The van der Waals surface area contributed by atoms with E-state index in [1.54, 1.807) is 44.2 Å². The van der Waals surface area contributed by atoms with Crippen molar-refractivity contribution >= 4 is 33.6 Å². The molecule has 0 heterocycles. The predicted octanol–water partition coefficient (Wildman–Crippen LogP) is 4.74. The van der Waals surface area contributed by atoms with Gasteiger partial charge >= 0.3 is 0 Å². The number of nitrogens with one attached hydrogen (secondary N) is 1. The summed E-state index contributed by atoms with van der Waals surface area (Å²) in [5.74, 6) is -2.86. The Kier molecular flexibility index (Phi) is 9.34. The van der Waals surface area contributed by atoms with E-state index in [2.05, 4.69) is 0 Å². The van der Waals surface area contributed by atoms with Crippen molar-refractivity contribution in [1.29, 1.82) is 0 Å². The van der Waals surface area contributed by atoms with E-state index < -0.39 is 33.6 Å². The third-order valence-corrected chi connectivity index (χ3v) is 5.97. The Hall–Kier alpha value is -3.00. The lowest BCUT2D eigenvalue weighted by molar-refractivity contribution is -0.133. The van der Waals surface area contributed by atoms with Crippen LogP contribution in [-0.4, -0.2) is 26.3 Å². The summed E-state index contributed by atoms with van der Waals surface area (Å²) in [6, 6.07) is 13.9. The van der Waals surface area contributed by atoms with Crippen molar-refractivity contribution in [3.8, 4) is 0 Å². The van der Waals surface area contributed by atoms with Crippen LogP contribution < -0.4 is 9.62 Å². The highest BCUT2D eigenvalue weighted by Gasteiger charge is 2.34. The highest BCUT2D eigenvalue weighted by Crippen LogP contribution is 2.24. The molecule has 6 nitrogen and oxygen atoms in total. The summed E-state index contributed by atoms with van der Waals surface area (Å²) in [6.07, 6.45) is 2.11. The molecule has 1 atom stereocenters. The summed E-state index contributed by atoms with van der Waals surface area (Å²) in [4.78, 5) is 27.9. The quantitative estimate of drug-likeness (QED) is 0.505. The van der Waals surface area contributed by atoms with Gasteiger partial charge in [0.05, 0.1) is 5.41 Å². The summed E-state index contributed by atoms with van der Waals surface area (Å²) in [7, 11) is -4.11. The maximum absolute atomic E-state index is 13.4. The second-order valence-electron chi connectivity index (χ2n) is 8.53. The van der Waals surface area contributed by atoms with Crippen molar-refractivity contribution in [3.05, 3.63) is 71.4 Å². The van der Waals surface area contributed by atoms with Crippen LogP contribution in [0.15, 0.2) is 60.0 Å². The maximum atomic E-state index is 13.4. The van der Waals surface area contributed by atoms with Crippen LogP contribution in [0.5, 0.6) is 0 Å². The van der Waals surface area contributed by atoms with Gasteiger partial charge < -0.3 is 4.90 Å². The summed E-state index contributed by atoms with van der Waals surface area (Å²) < 4.78 is 40.4. The molecule has 2 aromatic carbocycles. The summed E-state index contributed by atoms with van der Waals surface area (Å²) >= 11 is 0. The Morgan fingerprint density at radius 2 is 1.58 bits per heavy atom. The molecule has 8 heteroatoms. The number of rotatable bonds is 10. The van der Waals surface area contributed by atoms with E-state index in [1.807, 2.05) is 18.6 Å². The SMILES string of the molecule is CC(C)CCC(C(=O)NS(=O)(=O)/C=C/c1ccccc1)C(=O)N(c1ccc(F)cc1)C(C)C. The van der Waals surface area contributed by atoms with Gasteiger partial charge in [0.1, 0.15) is 11.7 Å². The number of sulfonamides is 1. The van der Waals surface area contributed by atoms with Crippen LogP contribution in [0, 0.1) is 17.7 Å². The van der Waals surface area contributed by atoms with Crippen LogP contribution in [-0.2, 0) is 19.6 Å². The number of nitrogens with zero attached hydrogens (tertiary/aromatic N) is 1. The fraction of sp³-hybridized carbons (Fsp3) is 0.360. The van der Waals surface area contributed by atoms with E-state index in [9.17, 15) is 22.4 Å². The lowest BCUT2D eigenvalue weighted by Gasteiger charge is -2.30. The van der Waals surface area contributed by atoms with Gasteiger partial charge in [-0.2, -0.15) is 0 Å². The average molecular weight is 475 g/mol. The van der Waals surface area contributed by atoms with E-state index in [4.69, 9.17) is 0 Å². The zero-order valence-electron chi connectivity index (χ0n) is 19.4. The smallest absolute Gasteiger partial charge is 0.257 e. The minimum atomic E-state index is -4.11. The lowest BCUT2D eigenvalue weighted by atomic mass is 9.95. The topological polar surface area (TPSA) is 83.5 Å². The van der Waals surface area contributed by atoms with Crippen molar-refractivity contribution in [2.45, 2.75) is 46.6 Å². The van der Waals surface area contributed by atoms with Gasteiger partial charge in [-0.3, -0.25) is 9.59 Å². The Balaban J connectivity index is 2.29.